The van der Waals surface area contributed by atoms with Crippen LogP contribution in [0.4, 0.5) is 8.78 Å². The predicted octanol–water partition coefficient (Wildman–Crippen LogP) is 3.42. The zero-order chi connectivity index (χ0) is 22.5. The van der Waals surface area contributed by atoms with E-state index in [1.807, 2.05) is 46.7 Å². The van der Waals surface area contributed by atoms with Crippen LogP contribution < -0.4 is 5.32 Å². The number of fused-ring (bicyclic) bond motifs is 1. The van der Waals surface area contributed by atoms with Gasteiger partial charge in [0.1, 0.15) is 17.5 Å². The van der Waals surface area contributed by atoms with Gasteiger partial charge in [-0.05, 0) is 31.0 Å². The summed E-state index contributed by atoms with van der Waals surface area (Å²) in [5.41, 5.74) is 1.21. The van der Waals surface area contributed by atoms with Crippen molar-refractivity contribution in [3.8, 4) is 0 Å². The quantitative estimate of drug-likeness (QED) is 0.613. The van der Waals surface area contributed by atoms with Crippen LogP contribution in [0.2, 0.25) is 0 Å². The molecule has 2 aromatic carbocycles. The minimum Gasteiger partial charge on any atom is -0.346 e. The van der Waals surface area contributed by atoms with Crippen molar-refractivity contribution in [2.45, 2.75) is 45.3 Å². The third-order valence-electron chi connectivity index (χ3n) is 5.84. The molecule has 8 heteroatoms. The molecular formula is C24H27F2N5O. The number of nitrogens with zero attached hydrogens (tertiary/aromatic N) is 4. The zero-order valence-electron chi connectivity index (χ0n) is 18.1. The molecule has 1 atom stereocenters. The van der Waals surface area contributed by atoms with E-state index >= 15 is 0 Å². The first-order chi connectivity index (χ1) is 15.5. The van der Waals surface area contributed by atoms with Crippen molar-refractivity contribution in [1.29, 1.82) is 0 Å². The lowest BCUT2D eigenvalue weighted by molar-refractivity contribution is -0.121. The molecule has 0 aliphatic carbocycles. The molecule has 1 aliphatic heterocycles. The number of rotatable bonds is 7. The Balaban J connectivity index is 1.35. The molecule has 168 valence electrons. The second-order valence-corrected chi connectivity index (χ2v) is 8.13. The van der Waals surface area contributed by atoms with Crippen LogP contribution in [0.1, 0.15) is 42.2 Å². The van der Waals surface area contributed by atoms with Crippen molar-refractivity contribution in [3.63, 3.8) is 0 Å². The molecule has 0 saturated heterocycles. The minimum atomic E-state index is -0.527. The average Bonchev–Trinajstić information content (AvgIpc) is 3.09. The number of halogens is 2. The maximum Gasteiger partial charge on any atom is 0.220 e. The first kappa shape index (κ1) is 22.1. The lowest BCUT2D eigenvalue weighted by atomic mass is 10.1. The van der Waals surface area contributed by atoms with Gasteiger partial charge in [-0.2, -0.15) is 0 Å². The molecule has 1 aliphatic rings. The van der Waals surface area contributed by atoms with E-state index in [2.05, 4.69) is 15.5 Å². The van der Waals surface area contributed by atoms with Crippen molar-refractivity contribution in [2.75, 3.05) is 13.1 Å². The molecular weight excluding hydrogens is 412 g/mol. The van der Waals surface area contributed by atoms with Crippen LogP contribution in [0.5, 0.6) is 0 Å². The highest BCUT2D eigenvalue weighted by atomic mass is 19.1. The summed E-state index contributed by atoms with van der Waals surface area (Å²) in [6.45, 7) is 3.94. The van der Waals surface area contributed by atoms with Gasteiger partial charge in [-0.25, -0.2) is 8.78 Å². The number of carbonyl (C=O) groups is 1. The summed E-state index contributed by atoms with van der Waals surface area (Å²) >= 11 is 0. The third kappa shape index (κ3) is 5.19. The van der Waals surface area contributed by atoms with Crippen molar-refractivity contribution in [1.82, 2.24) is 25.0 Å². The van der Waals surface area contributed by atoms with Gasteiger partial charge in [0, 0.05) is 44.6 Å². The summed E-state index contributed by atoms with van der Waals surface area (Å²) in [5.74, 6) is 0.431. The maximum atomic E-state index is 14.0. The molecule has 2 heterocycles. The number of amides is 1. The average molecular weight is 440 g/mol. The zero-order valence-corrected chi connectivity index (χ0v) is 18.1. The number of carbonyl (C=O) groups excluding carboxylic acids is 1. The Labute approximate surface area is 186 Å². The summed E-state index contributed by atoms with van der Waals surface area (Å²) in [6.07, 6.45) is 1.70. The number of nitrogens with one attached hydrogen (secondary N) is 1. The fourth-order valence-electron chi connectivity index (χ4n) is 4.06. The van der Waals surface area contributed by atoms with Crippen molar-refractivity contribution in [2.24, 2.45) is 0 Å². The second kappa shape index (κ2) is 9.99. The van der Waals surface area contributed by atoms with Gasteiger partial charge in [0.25, 0.3) is 0 Å². The highest BCUT2D eigenvalue weighted by Gasteiger charge is 2.23. The summed E-state index contributed by atoms with van der Waals surface area (Å²) in [4.78, 5) is 14.4. The van der Waals surface area contributed by atoms with E-state index in [1.165, 1.54) is 18.2 Å². The smallest absolute Gasteiger partial charge is 0.220 e. The highest BCUT2D eigenvalue weighted by molar-refractivity contribution is 5.76. The highest BCUT2D eigenvalue weighted by Crippen LogP contribution is 2.19. The van der Waals surface area contributed by atoms with Gasteiger partial charge >= 0.3 is 0 Å². The monoisotopic (exact) mass is 439 g/mol. The van der Waals surface area contributed by atoms with Gasteiger partial charge in [0.2, 0.25) is 5.91 Å². The van der Waals surface area contributed by atoms with Crippen molar-refractivity contribution in [3.05, 3.63) is 82.9 Å². The van der Waals surface area contributed by atoms with Gasteiger partial charge < -0.3 is 9.88 Å². The van der Waals surface area contributed by atoms with Gasteiger partial charge in [0.05, 0.1) is 6.04 Å². The fourth-order valence-corrected chi connectivity index (χ4v) is 4.06. The van der Waals surface area contributed by atoms with Gasteiger partial charge in [-0.1, -0.05) is 36.4 Å². The summed E-state index contributed by atoms with van der Waals surface area (Å²) < 4.78 is 30.1. The van der Waals surface area contributed by atoms with E-state index in [0.29, 0.717) is 44.7 Å². The Morgan fingerprint density at radius 1 is 1.03 bits per heavy atom. The normalized spacial score (nSPS) is 15.1. The minimum absolute atomic E-state index is 0.0380. The fraction of sp³-hybridized carbons (Fsp3) is 0.375. The van der Waals surface area contributed by atoms with Crippen LogP contribution >= 0.6 is 0 Å². The van der Waals surface area contributed by atoms with E-state index in [4.69, 9.17) is 0 Å². The standard InChI is InChI=1S/C24H27F2N5O/c1-17(27-23(32)11-10-18-6-3-2-4-7-18)24-29-28-22-12-13-30(14-15-31(22)24)16-19-20(25)8-5-9-21(19)26/h2-9,17H,10-16H2,1H3,(H,27,32)/t17-/m0/s1. The van der Waals surface area contributed by atoms with E-state index in [0.717, 1.165) is 11.4 Å². The largest absolute Gasteiger partial charge is 0.346 e. The number of hydrogen-bond donors (Lipinski definition) is 1. The van der Waals surface area contributed by atoms with Crippen LogP contribution in [-0.4, -0.2) is 38.7 Å². The Morgan fingerprint density at radius 3 is 2.53 bits per heavy atom. The lowest BCUT2D eigenvalue weighted by Gasteiger charge is -2.20. The third-order valence-corrected chi connectivity index (χ3v) is 5.84. The van der Waals surface area contributed by atoms with Crippen molar-refractivity contribution >= 4 is 5.91 Å². The van der Waals surface area contributed by atoms with Crippen molar-refractivity contribution < 1.29 is 13.6 Å². The molecule has 32 heavy (non-hydrogen) atoms. The van der Waals surface area contributed by atoms with Gasteiger partial charge in [0.15, 0.2) is 5.82 Å². The molecule has 3 aromatic rings. The number of aryl methyl sites for hydroxylation is 1. The Bertz CT molecular complexity index is 1050. The van der Waals surface area contributed by atoms with Gasteiger partial charge in [-0.3, -0.25) is 9.69 Å². The molecule has 1 N–H and O–H groups in total. The van der Waals surface area contributed by atoms with E-state index in [1.54, 1.807) is 0 Å². The molecule has 1 amide bonds. The molecule has 1 aromatic heterocycles. The first-order valence-corrected chi connectivity index (χ1v) is 10.9. The Kier molecular flexibility index (Phi) is 6.90. The molecule has 4 rings (SSSR count). The summed E-state index contributed by atoms with van der Waals surface area (Å²) in [5, 5.41) is 11.6. The van der Waals surface area contributed by atoms with E-state index in [9.17, 15) is 13.6 Å². The SMILES string of the molecule is C[C@H](NC(=O)CCc1ccccc1)c1nnc2n1CCN(Cc1c(F)cccc1F)CC2. The molecule has 0 spiro atoms. The second-order valence-electron chi connectivity index (χ2n) is 8.13. The molecule has 0 bridgehead atoms. The van der Waals surface area contributed by atoms with E-state index < -0.39 is 11.6 Å². The van der Waals surface area contributed by atoms with E-state index in [-0.39, 0.29) is 24.1 Å². The Hall–Kier alpha value is -3.13. The van der Waals surface area contributed by atoms with Crippen LogP contribution in [-0.2, 0) is 30.7 Å². The van der Waals surface area contributed by atoms with Gasteiger partial charge in [-0.15, -0.1) is 10.2 Å². The van der Waals surface area contributed by atoms with Crippen LogP contribution in [0.3, 0.4) is 0 Å². The molecule has 0 fully saturated rings. The summed E-state index contributed by atoms with van der Waals surface area (Å²) in [7, 11) is 0. The lowest BCUT2D eigenvalue weighted by Crippen LogP contribution is -2.30. The first-order valence-electron chi connectivity index (χ1n) is 10.9. The topological polar surface area (TPSA) is 63.1 Å². The molecule has 0 radical (unpaired) electrons. The van der Waals surface area contributed by atoms with Crippen LogP contribution in [0, 0.1) is 11.6 Å². The predicted molar refractivity (Wildman–Crippen MR) is 117 cm³/mol. The number of benzene rings is 2. The Morgan fingerprint density at radius 2 is 1.78 bits per heavy atom. The molecule has 0 saturated carbocycles. The number of aromatic nitrogens is 3. The molecule has 0 unspecified atom stereocenters. The maximum absolute atomic E-state index is 14.0. The summed E-state index contributed by atoms with van der Waals surface area (Å²) in [6, 6.07) is 13.6. The number of hydrogen-bond acceptors (Lipinski definition) is 4. The molecule has 6 nitrogen and oxygen atoms in total. The van der Waals surface area contributed by atoms with Crippen LogP contribution in [0.15, 0.2) is 48.5 Å². The van der Waals surface area contributed by atoms with Crippen LogP contribution in [0.25, 0.3) is 0 Å².